The maximum absolute atomic E-state index is 4.07. The van der Waals surface area contributed by atoms with Gasteiger partial charge in [-0.05, 0) is 0 Å². The topological polar surface area (TPSA) is 43.6 Å². The summed E-state index contributed by atoms with van der Waals surface area (Å²) in [6, 6.07) is 0. The molecule has 0 spiro atoms. The van der Waals surface area contributed by atoms with E-state index in [4.69, 9.17) is 0 Å². The molecule has 0 bridgehead atoms. The maximum atomic E-state index is 4.07. The standard InChI is InChI=1S/C5H4N4S.Au/c10-9-3-8-4-1-6-2-7-5(4)9;/h1-3,10H;. The molecule has 0 aliphatic rings. The third kappa shape index (κ3) is 1.46. The summed E-state index contributed by atoms with van der Waals surface area (Å²) in [4.78, 5) is 11.7. The van der Waals surface area contributed by atoms with Crippen molar-refractivity contribution in [1.29, 1.82) is 0 Å². The Morgan fingerprint density at radius 3 is 2.91 bits per heavy atom. The average Bonchev–Trinajstić information content (AvgIpc) is 2.34. The van der Waals surface area contributed by atoms with Gasteiger partial charge in [0.15, 0.2) is 5.65 Å². The zero-order chi connectivity index (χ0) is 6.97. The van der Waals surface area contributed by atoms with Crippen LogP contribution in [0.2, 0.25) is 0 Å². The average molecular weight is 349 g/mol. The van der Waals surface area contributed by atoms with E-state index in [0.29, 0.717) is 0 Å². The first-order valence-electron chi connectivity index (χ1n) is 2.70. The Morgan fingerprint density at radius 1 is 1.36 bits per heavy atom. The molecule has 0 amide bonds. The number of hydrogen-bond acceptors (Lipinski definition) is 4. The van der Waals surface area contributed by atoms with Crippen molar-refractivity contribution in [1.82, 2.24) is 18.9 Å². The van der Waals surface area contributed by atoms with E-state index in [0.717, 1.165) is 11.2 Å². The number of fused-ring (bicyclic) bond motifs is 1. The monoisotopic (exact) mass is 349 g/mol. The Hall–Kier alpha value is -0.360. The third-order valence-corrected chi connectivity index (χ3v) is 1.49. The van der Waals surface area contributed by atoms with Gasteiger partial charge in [-0.2, -0.15) is 0 Å². The van der Waals surface area contributed by atoms with Gasteiger partial charge >= 0.3 is 0 Å². The van der Waals surface area contributed by atoms with Crippen LogP contribution in [0.3, 0.4) is 0 Å². The van der Waals surface area contributed by atoms with Crippen LogP contribution in [0.15, 0.2) is 18.9 Å². The molecule has 0 aromatic carbocycles. The van der Waals surface area contributed by atoms with E-state index in [1.807, 2.05) is 0 Å². The van der Waals surface area contributed by atoms with E-state index in [-0.39, 0.29) is 22.4 Å². The van der Waals surface area contributed by atoms with Gasteiger partial charge in [0.1, 0.15) is 18.2 Å². The van der Waals surface area contributed by atoms with Crippen molar-refractivity contribution >= 4 is 24.0 Å². The summed E-state index contributed by atoms with van der Waals surface area (Å²) in [6.45, 7) is 0. The van der Waals surface area contributed by atoms with Crippen LogP contribution in [-0.2, 0) is 22.4 Å². The van der Waals surface area contributed by atoms with Crippen molar-refractivity contribution in [3.05, 3.63) is 18.9 Å². The molecule has 11 heavy (non-hydrogen) atoms. The summed E-state index contributed by atoms with van der Waals surface area (Å²) in [5.41, 5.74) is 1.50. The van der Waals surface area contributed by atoms with E-state index in [1.165, 1.54) is 6.33 Å². The molecule has 0 N–H and O–H groups in total. The molecular formula is C5H4AuN4S. The van der Waals surface area contributed by atoms with Gasteiger partial charge in [-0.25, -0.2) is 15.0 Å². The molecule has 4 nitrogen and oxygen atoms in total. The number of thiol groups is 1. The molecular weight excluding hydrogens is 345 g/mol. The minimum Gasteiger partial charge on any atom is -0.259 e. The van der Waals surface area contributed by atoms with Gasteiger partial charge < -0.3 is 0 Å². The molecule has 2 aromatic heterocycles. The van der Waals surface area contributed by atoms with Crippen molar-refractivity contribution in [2.75, 3.05) is 0 Å². The van der Waals surface area contributed by atoms with Crippen molar-refractivity contribution in [2.45, 2.75) is 0 Å². The second-order valence-corrected chi connectivity index (χ2v) is 2.25. The van der Waals surface area contributed by atoms with Gasteiger partial charge in [0.25, 0.3) is 0 Å². The molecule has 0 saturated carbocycles. The summed E-state index contributed by atoms with van der Waals surface area (Å²) >= 11 is 4.07. The third-order valence-electron chi connectivity index (χ3n) is 1.20. The first kappa shape index (κ1) is 8.73. The molecule has 0 fully saturated rings. The van der Waals surface area contributed by atoms with Crippen LogP contribution in [0.5, 0.6) is 0 Å². The van der Waals surface area contributed by atoms with E-state index < -0.39 is 0 Å². The fourth-order valence-electron chi connectivity index (χ4n) is 0.755. The summed E-state index contributed by atoms with van der Waals surface area (Å²) in [7, 11) is 0. The Labute approximate surface area is 84.1 Å². The predicted molar refractivity (Wildman–Crippen MR) is 39.7 cm³/mol. The van der Waals surface area contributed by atoms with Crippen molar-refractivity contribution in [3.63, 3.8) is 0 Å². The number of rotatable bonds is 0. The van der Waals surface area contributed by atoms with Crippen molar-refractivity contribution < 1.29 is 22.4 Å². The molecule has 2 heterocycles. The van der Waals surface area contributed by atoms with Gasteiger partial charge in [0.2, 0.25) is 0 Å². The van der Waals surface area contributed by atoms with Crippen LogP contribution >= 0.6 is 12.8 Å². The summed E-state index contributed by atoms with van der Waals surface area (Å²) in [6.07, 6.45) is 4.70. The molecule has 0 aliphatic carbocycles. The fourth-order valence-corrected chi connectivity index (χ4v) is 0.961. The molecule has 0 saturated heterocycles. The molecule has 2 rings (SSSR count). The Balaban J connectivity index is 0.000000605. The smallest absolute Gasteiger partial charge is 0.173 e. The van der Waals surface area contributed by atoms with Crippen molar-refractivity contribution in [3.8, 4) is 0 Å². The molecule has 0 aliphatic heterocycles. The maximum Gasteiger partial charge on any atom is 0.173 e. The molecule has 0 atom stereocenters. The Morgan fingerprint density at radius 2 is 2.18 bits per heavy atom. The van der Waals surface area contributed by atoms with E-state index in [1.54, 1.807) is 16.5 Å². The van der Waals surface area contributed by atoms with Crippen LogP contribution in [0.1, 0.15) is 0 Å². The predicted octanol–water partition coefficient (Wildman–Crippen LogP) is 0.517. The zero-order valence-corrected chi connectivity index (χ0v) is 8.33. The largest absolute Gasteiger partial charge is 0.259 e. The fraction of sp³-hybridized carbons (Fsp3) is 0. The summed E-state index contributed by atoms with van der Waals surface area (Å²) in [5.74, 6) is 0. The minimum atomic E-state index is 0. The van der Waals surface area contributed by atoms with Crippen LogP contribution in [0, 0.1) is 0 Å². The van der Waals surface area contributed by atoms with Crippen molar-refractivity contribution in [2.24, 2.45) is 0 Å². The van der Waals surface area contributed by atoms with Crippen LogP contribution in [0.25, 0.3) is 11.2 Å². The SMILES string of the molecule is Sn1cnc2cncnc21.[Au]. The molecule has 6 heteroatoms. The van der Waals surface area contributed by atoms with Crippen LogP contribution < -0.4 is 0 Å². The second kappa shape index (κ2) is 3.36. The second-order valence-electron chi connectivity index (χ2n) is 1.82. The molecule has 0 unspecified atom stereocenters. The summed E-state index contributed by atoms with van der Waals surface area (Å²) in [5, 5.41) is 0. The number of imidazole rings is 1. The minimum absolute atomic E-state index is 0. The van der Waals surface area contributed by atoms with E-state index >= 15 is 0 Å². The van der Waals surface area contributed by atoms with Gasteiger partial charge in [-0.1, -0.05) is 12.8 Å². The van der Waals surface area contributed by atoms with E-state index in [9.17, 15) is 0 Å². The first-order chi connectivity index (χ1) is 4.88. The quantitative estimate of drug-likeness (QED) is 0.557. The normalized spacial score (nSPS) is 9.55. The summed E-state index contributed by atoms with van der Waals surface area (Å²) < 4.78 is 1.55. The first-order valence-corrected chi connectivity index (χ1v) is 3.10. The molecule has 2 aromatic rings. The number of nitrogens with zero attached hydrogens (tertiary/aromatic N) is 4. The van der Waals surface area contributed by atoms with Gasteiger partial charge in [0, 0.05) is 22.4 Å². The zero-order valence-electron chi connectivity index (χ0n) is 5.27. The Kier molecular flexibility index (Phi) is 2.67. The Bertz CT molecular complexity index is 360. The number of aromatic nitrogens is 4. The van der Waals surface area contributed by atoms with Gasteiger partial charge in [0.05, 0.1) is 6.20 Å². The van der Waals surface area contributed by atoms with E-state index in [2.05, 4.69) is 27.8 Å². The molecule has 1 radical (unpaired) electrons. The van der Waals surface area contributed by atoms with Gasteiger partial charge in [-0.3, -0.25) is 3.97 Å². The van der Waals surface area contributed by atoms with Crippen LogP contribution in [0.4, 0.5) is 0 Å². The van der Waals surface area contributed by atoms with Gasteiger partial charge in [-0.15, -0.1) is 0 Å². The number of hydrogen-bond donors (Lipinski definition) is 1. The van der Waals surface area contributed by atoms with Crippen LogP contribution in [-0.4, -0.2) is 18.9 Å². The molecule has 61 valence electrons.